The maximum absolute atomic E-state index is 13.4. The zero-order chi connectivity index (χ0) is 17.2. The first-order valence-corrected chi connectivity index (χ1v) is 7.73. The van der Waals surface area contributed by atoms with Crippen LogP contribution in [-0.4, -0.2) is 25.4 Å². The Kier molecular flexibility index (Phi) is 3.78. The van der Waals surface area contributed by atoms with Gasteiger partial charge in [0.15, 0.2) is 17.3 Å². The molecule has 5 nitrogen and oxygen atoms in total. The van der Waals surface area contributed by atoms with Crippen molar-refractivity contribution in [3.8, 4) is 11.1 Å². The largest absolute Gasteiger partial charge is 0.294 e. The maximum Gasteiger partial charge on any atom is 0.172 e. The van der Waals surface area contributed by atoms with E-state index in [0.717, 1.165) is 11.1 Å². The SMILES string of the molecule is O=C(Cc1nc2ccc(-c3cccc(F)c3)cn2n1)c1cccnc1. The molecular weight excluding hydrogens is 319 g/mol. The minimum Gasteiger partial charge on any atom is -0.294 e. The predicted molar refractivity (Wildman–Crippen MR) is 90.7 cm³/mol. The van der Waals surface area contributed by atoms with Crippen LogP contribution in [0.2, 0.25) is 0 Å². The maximum atomic E-state index is 13.4. The second-order valence-electron chi connectivity index (χ2n) is 5.60. The molecule has 4 rings (SSSR count). The molecule has 0 saturated carbocycles. The predicted octanol–water partition coefficient (Wildman–Crippen LogP) is 3.36. The summed E-state index contributed by atoms with van der Waals surface area (Å²) < 4.78 is 15.0. The van der Waals surface area contributed by atoms with E-state index in [2.05, 4.69) is 15.1 Å². The molecule has 6 heteroatoms. The number of Topliss-reactive ketones (excluding diaryl/α,β-unsaturated/α-hetero) is 1. The minimum atomic E-state index is -0.293. The third-order valence-electron chi connectivity index (χ3n) is 3.83. The van der Waals surface area contributed by atoms with Crippen LogP contribution in [-0.2, 0) is 6.42 Å². The van der Waals surface area contributed by atoms with E-state index in [9.17, 15) is 9.18 Å². The average Bonchev–Trinajstić information content (AvgIpc) is 3.03. The van der Waals surface area contributed by atoms with Crippen LogP contribution in [0.4, 0.5) is 4.39 Å². The first kappa shape index (κ1) is 15.1. The van der Waals surface area contributed by atoms with Gasteiger partial charge in [0.1, 0.15) is 5.82 Å². The Morgan fingerprint density at radius 2 is 2.00 bits per heavy atom. The van der Waals surface area contributed by atoms with Crippen molar-refractivity contribution < 1.29 is 9.18 Å². The van der Waals surface area contributed by atoms with E-state index in [1.807, 2.05) is 12.1 Å². The Morgan fingerprint density at radius 1 is 1.08 bits per heavy atom. The van der Waals surface area contributed by atoms with E-state index in [0.29, 0.717) is 17.0 Å². The summed E-state index contributed by atoms with van der Waals surface area (Å²) in [5, 5.41) is 4.36. The third-order valence-corrected chi connectivity index (χ3v) is 3.83. The van der Waals surface area contributed by atoms with Gasteiger partial charge in [0.05, 0.1) is 6.42 Å². The summed E-state index contributed by atoms with van der Waals surface area (Å²) in [6.45, 7) is 0. The molecule has 0 spiro atoms. The number of aromatic nitrogens is 4. The van der Waals surface area contributed by atoms with Crippen LogP contribution >= 0.6 is 0 Å². The van der Waals surface area contributed by atoms with Crippen LogP contribution < -0.4 is 0 Å². The van der Waals surface area contributed by atoms with Crippen molar-refractivity contribution >= 4 is 11.4 Å². The van der Waals surface area contributed by atoms with Crippen LogP contribution in [0.15, 0.2) is 67.1 Å². The van der Waals surface area contributed by atoms with Gasteiger partial charge in [-0.2, -0.15) is 5.10 Å². The highest BCUT2D eigenvalue weighted by Crippen LogP contribution is 2.20. The van der Waals surface area contributed by atoms with Gasteiger partial charge < -0.3 is 0 Å². The summed E-state index contributed by atoms with van der Waals surface area (Å²) in [5.74, 6) is 0.0542. The summed E-state index contributed by atoms with van der Waals surface area (Å²) in [6.07, 6.45) is 5.02. The molecule has 0 saturated heterocycles. The van der Waals surface area contributed by atoms with Crippen LogP contribution in [0.3, 0.4) is 0 Å². The Labute approximate surface area is 142 Å². The molecule has 4 aromatic rings. The molecule has 0 amide bonds. The van der Waals surface area contributed by atoms with Gasteiger partial charge in [0.2, 0.25) is 0 Å². The molecule has 122 valence electrons. The van der Waals surface area contributed by atoms with Crippen molar-refractivity contribution in [3.05, 3.63) is 84.3 Å². The number of ketones is 1. The summed E-state index contributed by atoms with van der Waals surface area (Å²) in [7, 11) is 0. The second kappa shape index (κ2) is 6.24. The van der Waals surface area contributed by atoms with Gasteiger partial charge in [0, 0.05) is 29.7 Å². The number of carbonyl (C=O) groups excluding carboxylic acids is 1. The first-order chi connectivity index (χ1) is 12.2. The Morgan fingerprint density at radius 3 is 2.80 bits per heavy atom. The Balaban J connectivity index is 1.63. The molecule has 0 bridgehead atoms. The Hall–Kier alpha value is -3.41. The van der Waals surface area contributed by atoms with Gasteiger partial charge in [-0.25, -0.2) is 13.9 Å². The molecule has 25 heavy (non-hydrogen) atoms. The molecule has 0 radical (unpaired) electrons. The zero-order valence-electron chi connectivity index (χ0n) is 13.1. The molecule has 0 N–H and O–H groups in total. The molecule has 0 aliphatic rings. The topological polar surface area (TPSA) is 60.2 Å². The first-order valence-electron chi connectivity index (χ1n) is 7.73. The van der Waals surface area contributed by atoms with E-state index >= 15 is 0 Å². The van der Waals surface area contributed by atoms with E-state index in [1.54, 1.807) is 41.2 Å². The number of rotatable bonds is 4. The second-order valence-corrected chi connectivity index (χ2v) is 5.60. The van der Waals surface area contributed by atoms with Crippen molar-refractivity contribution in [1.82, 2.24) is 19.6 Å². The fourth-order valence-electron chi connectivity index (χ4n) is 2.62. The molecule has 3 heterocycles. The number of nitrogens with zero attached hydrogens (tertiary/aromatic N) is 4. The fourth-order valence-corrected chi connectivity index (χ4v) is 2.62. The molecule has 3 aromatic heterocycles. The molecule has 1 aromatic carbocycles. The molecule has 0 atom stereocenters. The number of benzene rings is 1. The van der Waals surface area contributed by atoms with Crippen LogP contribution in [0.1, 0.15) is 16.2 Å². The summed E-state index contributed by atoms with van der Waals surface area (Å²) >= 11 is 0. The van der Waals surface area contributed by atoms with Gasteiger partial charge >= 0.3 is 0 Å². The lowest BCUT2D eigenvalue weighted by molar-refractivity contribution is 0.0990. The van der Waals surface area contributed by atoms with Crippen molar-refractivity contribution in [2.45, 2.75) is 6.42 Å². The number of halogens is 1. The summed E-state index contributed by atoms with van der Waals surface area (Å²) in [4.78, 5) is 20.6. The quantitative estimate of drug-likeness (QED) is 0.538. The molecular formula is C19H13FN4O. The molecule has 0 unspecified atom stereocenters. The summed E-state index contributed by atoms with van der Waals surface area (Å²) in [5.41, 5.74) is 2.74. The summed E-state index contributed by atoms with van der Waals surface area (Å²) in [6, 6.07) is 13.4. The number of carbonyl (C=O) groups is 1. The number of fused-ring (bicyclic) bond motifs is 1. The minimum absolute atomic E-state index is 0.0886. The lowest BCUT2D eigenvalue weighted by Gasteiger charge is -2.01. The lowest BCUT2D eigenvalue weighted by atomic mass is 10.1. The van der Waals surface area contributed by atoms with Crippen molar-refractivity contribution in [2.24, 2.45) is 0 Å². The number of pyridine rings is 2. The Bertz CT molecular complexity index is 1060. The van der Waals surface area contributed by atoms with Crippen molar-refractivity contribution in [1.29, 1.82) is 0 Å². The van der Waals surface area contributed by atoms with Crippen molar-refractivity contribution in [3.63, 3.8) is 0 Å². The highest BCUT2D eigenvalue weighted by atomic mass is 19.1. The average molecular weight is 332 g/mol. The highest BCUT2D eigenvalue weighted by Gasteiger charge is 2.12. The van der Waals surface area contributed by atoms with Gasteiger partial charge in [-0.1, -0.05) is 12.1 Å². The van der Waals surface area contributed by atoms with E-state index < -0.39 is 0 Å². The van der Waals surface area contributed by atoms with Crippen LogP contribution in [0, 0.1) is 5.82 Å². The molecule has 0 fully saturated rings. The molecule has 0 aliphatic carbocycles. The van der Waals surface area contributed by atoms with Crippen molar-refractivity contribution in [2.75, 3.05) is 0 Å². The fraction of sp³-hybridized carbons (Fsp3) is 0.0526. The smallest absolute Gasteiger partial charge is 0.172 e. The van der Waals surface area contributed by atoms with E-state index in [4.69, 9.17) is 0 Å². The van der Waals surface area contributed by atoms with Gasteiger partial charge in [-0.05, 0) is 42.0 Å². The lowest BCUT2D eigenvalue weighted by Crippen LogP contribution is -2.05. The third kappa shape index (κ3) is 3.14. The standard InChI is InChI=1S/C19H13FN4O/c20-16-5-1-3-13(9-16)15-6-7-19-22-18(23-24(19)12-15)10-17(25)14-4-2-8-21-11-14/h1-9,11-12H,10H2. The van der Waals surface area contributed by atoms with Gasteiger partial charge in [-0.3, -0.25) is 9.78 Å². The monoisotopic (exact) mass is 332 g/mol. The highest BCUT2D eigenvalue weighted by molar-refractivity contribution is 5.96. The van der Waals surface area contributed by atoms with E-state index in [1.165, 1.54) is 18.3 Å². The van der Waals surface area contributed by atoms with Crippen LogP contribution in [0.25, 0.3) is 16.8 Å². The zero-order valence-corrected chi connectivity index (χ0v) is 13.1. The van der Waals surface area contributed by atoms with Gasteiger partial charge in [0.25, 0.3) is 0 Å². The number of hydrogen-bond acceptors (Lipinski definition) is 4. The van der Waals surface area contributed by atoms with Crippen LogP contribution in [0.5, 0.6) is 0 Å². The normalized spacial score (nSPS) is 10.9. The van der Waals surface area contributed by atoms with Gasteiger partial charge in [-0.15, -0.1) is 0 Å². The molecule has 0 aliphatic heterocycles. The number of hydrogen-bond donors (Lipinski definition) is 0. The van der Waals surface area contributed by atoms with E-state index in [-0.39, 0.29) is 18.0 Å².